The monoisotopic (exact) mass is 449 g/mol. The first kappa shape index (κ1) is 23.8. The van der Waals surface area contributed by atoms with E-state index < -0.39 is 5.82 Å². The second-order valence-corrected chi connectivity index (χ2v) is 7.65. The van der Waals surface area contributed by atoms with E-state index >= 15 is 0 Å². The van der Waals surface area contributed by atoms with Crippen LogP contribution in [0.1, 0.15) is 55.8 Å². The number of carbonyl (C=O) groups is 2. The molecule has 3 N–H and O–H groups in total. The van der Waals surface area contributed by atoms with Crippen molar-refractivity contribution in [2.75, 3.05) is 10.6 Å². The first-order valence-electron chi connectivity index (χ1n) is 9.86. The number of benzene rings is 2. The molecule has 8 heteroatoms. The molecule has 0 spiro atoms. The predicted octanol–water partition coefficient (Wildman–Crippen LogP) is 5.90. The quantitative estimate of drug-likeness (QED) is 0.329. The van der Waals surface area contributed by atoms with Crippen molar-refractivity contribution in [2.24, 2.45) is 0 Å². The van der Waals surface area contributed by atoms with Crippen molar-refractivity contribution in [3.05, 3.63) is 58.9 Å². The second kappa shape index (κ2) is 12.2. The molecule has 2 amide bonds. The summed E-state index contributed by atoms with van der Waals surface area (Å²) in [6, 6.07) is 10.6. The molecule has 0 bridgehead atoms. The minimum atomic E-state index is -0.558. The summed E-state index contributed by atoms with van der Waals surface area (Å²) in [4.78, 5) is 24.4. The molecular weight excluding hydrogens is 425 g/mol. The summed E-state index contributed by atoms with van der Waals surface area (Å²) >= 11 is 10.9. The number of anilines is 2. The SMILES string of the molecule is CCCCCCCC(=O)NC(=S)Nc1cccc(C(=O)Nc2ccc(F)c(Cl)c2)c1. The Bertz CT molecular complexity index is 908. The first-order valence-corrected chi connectivity index (χ1v) is 10.6. The van der Waals surface area contributed by atoms with Gasteiger partial charge < -0.3 is 16.0 Å². The fourth-order valence-corrected chi connectivity index (χ4v) is 3.17. The Balaban J connectivity index is 1.86. The van der Waals surface area contributed by atoms with Gasteiger partial charge in [0.1, 0.15) is 5.82 Å². The molecule has 0 saturated carbocycles. The van der Waals surface area contributed by atoms with E-state index in [1.807, 2.05) is 0 Å². The standard InChI is InChI=1S/C22H25ClFN3O2S/c1-2-3-4-5-6-10-20(28)27-22(30)26-16-9-7-8-15(13-16)21(29)25-17-11-12-19(24)18(23)14-17/h7-9,11-14H,2-6,10H2,1H3,(H,25,29)(H2,26,27,28,30). The summed E-state index contributed by atoms with van der Waals surface area (Å²) in [5, 5.41) is 8.32. The lowest BCUT2D eigenvalue weighted by atomic mass is 10.1. The average molecular weight is 450 g/mol. The van der Waals surface area contributed by atoms with Gasteiger partial charge in [0.2, 0.25) is 5.91 Å². The van der Waals surface area contributed by atoms with Gasteiger partial charge in [-0.25, -0.2) is 4.39 Å². The zero-order chi connectivity index (χ0) is 21.9. The van der Waals surface area contributed by atoms with Gasteiger partial charge in [-0.3, -0.25) is 9.59 Å². The lowest BCUT2D eigenvalue weighted by Crippen LogP contribution is -2.34. The topological polar surface area (TPSA) is 70.2 Å². The molecule has 30 heavy (non-hydrogen) atoms. The summed E-state index contributed by atoms with van der Waals surface area (Å²) in [5.41, 5.74) is 1.31. The molecule has 0 radical (unpaired) electrons. The normalized spacial score (nSPS) is 10.4. The molecule has 0 aliphatic rings. The Morgan fingerprint density at radius 1 is 1.00 bits per heavy atom. The number of unbranched alkanes of at least 4 members (excludes halogenated alkanes) is 4. The lowest BCUT2D eigenvalue weighted by molar-refractivity contribution is -0.119. The van der Waals surface area contributed by atoms with Crippen molar-refractivity contribution in [1.29, 1.82) is 0 Å². The van der Waals surface area contributed by atoms with Crippen LogP contribution in [0.5, 0.6) is 0 Å². The van der Waals surface area contributed by atoms with Crippen molar-refractivity contribution in [3.63, 3.8) is 0 Å². The molecular formula is C22H25ClFN3O2S. The van der Waals surface area contributed by atoms with E-state index in [-0.39, 0.29) is 21.9 Å². The molecule has 0 heterocycles. The third-order valence-corrected chi connectivity index (χ3v) is 4.81. The van der Waals surface area contributed by atoms with Crippen molar-refractivity contribution >= 4 is 52.1 Å². The van der Waals surface area contributed by atoms with Gasteiger partial charge >= 0.3 is 0 Å². The molecule has 0 fully saturated rings. The highest BCUT2D eigenvalue weighted by atomic mass is 35.5. The summed E-state index contributed by atoms with van der Waals surface area (Å²) in [5.74, 6) is -1.08. The number of hydrogen-bond donors (Lipinski definition) is 3. The Hall–Kier alpha value is -2.51. The van der Waals surface area contributed by atoms with Crippen molar-refractivity contribution < 1.29 is 14.0 Å². The highest BCUT2D eigenvalue weighted by molar-refractivity contribution is 7.80. The molecule has 2 aromatic carbocycles. The number of thiocarbonyl (C=S) groups is 1. The van der Waals surface area contributed by atoms with E-state index in [0.29, 0.717) is 23.4 Å². The molecule has 5 nitrogen and oxygen atoms in total. The van der Waals surface area contributed by atoms with Crippen LogP contribution in [0, 0.1) is 5.82 Å². The van der Waals surface area contributed by atoms with Gasteiger partial charge in [-0.1, -0.05) is 50.3 Å². The second-order valence-electron chi connectivity index (χ2n) is 6.83. The van der Waals surface area contributed by atoms with E-state index in [1.165, 1.54) is 24.6 Å². The van der Waals surface area contributed by atoms with Crippen LogP contribution in [0.2, 0.25) is 5.02 Å². The van der Waals surface area contributed by atoms with Crippen LogP contribution in [-0.2, 0) is 4.79 Å². The summed E-state index contributed by atoms with van der Waals surface area (Å²) in [6.45, 7) is 2.15. The van der Waals surface area contributed by atoms with Crippen LogP contribution < -0.4 is 16.0 Å². The van der Waals surface area contributed by atoms with E-state index in [2.05, 4.69) is 22.9 Å². The lowest BCUT2D eigenvalue weighted by Gasteiger charge is -2.11. The Morgan fingerprint density at radius 3 is 2.47 bits per heavy atom. The van der Waals surface area contributed by atoms with Gasteiger partial charge in [-0.05, 0) is 55.0 Å². The van der Waals surface area contributed by atoms with Crippen LogP contribution in [0.25, 0.3) is 0 Å². The van der Waals surface area contributed by atoms with E-state index in [4.69, 9.17) is 23.8 Å². The Labute approximate surface area is 186 Å². The third kappa shape index (κ3) is 8.08. The number of nitrogens with one attached hydrogen (secondary N) is 3. The Morgan fingerprint density at radius 2 is 1.73 bits per heavy atom. The fraction of sp³-hybridized carbons (Fsp3) is 0.318. The van der Waals surface area contributed by atoms with E-state index in [1.54, 1.807) is 24.3 Å². The average Bonchev–Trinajstić information content (AvgIpc) is 2.70. The van der Waals surface area contributed by atoms with Crippen LogP contribution in [0.3, 0.4) is 0 Å². The minimum Gasteiger partial charge on any atom is -0.332 e. The van der Waals surface area contributed by atoms with E-state index in [9.17, 15) is 14.0 Å². The largest absolute Gasteiger partial charge is 0.332 e. The van der Waals surface area contributed by atoms with Gasteiger partial charge in [0.25, 0.3) is 5.91 Å². The van der Waals surface area contributed by atoms with Crippen molar-refractivity contribution in [1.82, 2.24) is 5.32 Å². The number of hydrogen-bond acceptors (Lipinski definition) is 3. The molecule has 2 rings (SSSR count). The molecule has 0 aliphatic heterocycles. The minimum absolute atomic E-state index is 0.0744. The maximum absolute atomic E-state index is 13.2. The van der Waals surface area contributed by atoms with Gasteiger partial charge in [-0.2, -0.15) is 0 Å². The molecule has 0 saturated heterocycles. The third-order valence-electron chi connectivity index (χ3n) is 4.32. The van der Waals surface area contributed by atoms with Crippen LogP contribution >= 0.6 is 23.8 Å². The smallest absolute Gasteiger partial charge is 0.255 e. The maximum Gasteiger partial charge on any atom is 0.255 e. The zero-order valence-electron chi connectivity index (χ0n) is 16.8. The van der Waals surface area contributed by atoms with Crippen LogP contribution in [-0.4, -0.2) is 16.9 Å². The Kier molecular flexibility index (Phi) is 9.70. The molecule has 0 atom stereocenters. The highest BCUT2D eigenvalue weighted by Gasteiger charge is 2.10. The van der Waals surface area contributed by atoms with Gasteiger partial charge in [-0.15, -0.1) is 0 Å². The van der Waals surface area contributed by atoms with E-state index in [0.717, 1.165) is 25.7 Å². The van der Waals surface area contributed by atoms with Crippen molar-refractivity contribution in [2.45, 2.75) is 45.4 Å². The van der Waals surface area contributed by atoms with Gasteiger partial charge in [0.05, 0.1) is 5.02 Å². The highest BCUT2D eigenvalue weighted by Crippen LogP contribution is 2.20. The van der Waals surface area contributed by atoms with Crippen LogP contribution in [0.15, 0.2) is 42.5 Å². The molecule has 160 valence electrons. The van der Waals surface area contributed by atoms with Crippen LogP contribution in [0.4, 0.5) is 15.8 Å². The number of carbonyl (C=O) groups excluding carboxylic acids is 2. The summed E-state index contributed by atoms with van der Waals surface area (Å²) < 4.78 is 13.2. The predicted molar refractivity (Wildman–Crippen MR) is 124 cm³/mol. The molecule has 0 aromatic heterocycles. The molecule has 0 unspecified atom stereocenters. The summed E-state index contributed by atoms with van der Waals surface area (Å²) in [6.07, 6.45) is 5.75. The fourth-order valence-electron chi connectivity index (χ4n) is 2.76. The molecule has 2 aromatic rings. The number of amides is 2. The number of halogens is 2. The molecule has 0 aliphatic carbocycles. The maximum atomic E-state index is 13.2. The van der Waals surface area contributed by atoms with Crippen molar-refractivity contribution in [3.8, 4) is 0 Å². The summed E-state index contributed by atoms with van der Waals surface area (Å²) in [7, 11) is 0. The van der Waals surface area contributed by atoms with Gasteiger partial charge in [0.15, 0.2) is 5.11 Å². The first-order chi connectivity index (χ1) is 14.4. The number of rotatable bonds is 9. The van der Waals surface area contributed by atoms with Gasteiger partial charge in [0, 0.05) is 23.4 Å². The zero-order valence-corrected chi connectivity index (χ0v) is 18.3.